The molecule has 0 unspecified atom stereocenters. The van der Waals surface area contributed by atoms with E-state index in [9.17, 15) is 14.0 Å². The van der Waals surface area contributed by atoms with Crippen LogP contribution in [0.5, 0.6) is 0 Å². The molecular formula is C19H19ClFN3O2. The highest BCUT2D eigenvalue weighted by molar-refractivity contribution is 6.31. The number of amides is 3. The topological polar surface area (TPSA) is 70.2 Å². The second-order valence-electron chi connectivity index (χ2n) is 6.30. The molecule has 0 spiro atoms. The van der Waals surface area contributed by atoms with Crippen molar-refractivity contribution in [1.82, 2.24) is 5.32 Å². The third kappa shape index (κ3) is 3.51. The number of hydrogen-bond donors (Lipinski definition) is 3. The minimum absolute atomic E-state index is 0.0323. The smallest absolute Gasteiger partial charge is 0.318 e. The third-order valence-electron chi connectivity index (χ3n) is 4.74. The second-order valence-corrected chi connectivity index (χ2v) is 6.71. The average Bonchev–Trinajstić information content (AvgIpc) is 2.58. The van der Waals surface area contributed by atoms with Crippen LogP contribution in [0.3, 0.4) is 0 Å². The molecule has 0 radical (unpaired) electrons. The molecule has 26 heavy (non-hydrogen) atoms. The lowest BCUT2D eigenvalue weighted by molar-refractivity contribution is -0.124. The molecule has 3 N–H and O–H groups in total. The van der Waals surface area contributed by atoms with Crippen molar-refractivity contribution < 1.29 is 14.0 Å². The Hall–Kier alpha value is -2.60. The Balaban J connectivity index is 1.78. The number of benzene rings is 2. The van der Waals surface area contributed by atoms with Crippen LogP contribution < -0.4 is 16.0 Å². The zero-order chi connectivity index (χ0) is 18.7. The van der Waals surface area contributed by atoms with Crippen molar-refractivity contribution in [2.24, 2.45) is 0 Å². The molecule has 2 aromatic carbocycles. The standard InChI is InChI=1S/C19H19ClFN3O2/c1-22-18(26)24-13-5-3-12(4-6-13)19(9-2-10-19)17(25)23-14-7-8-16(21)15(20)11-14/h3-8,11H,2,9-10H2,1H3,(H,23,25)(H2,22,24,26). The van der Waals surface area contributed by atoms with Crippen LogP contribution in [0.15, 0.2) is 42.5 Å². The van der Waals surface area contributed by atoms with Crippen molar-refractivity contribution in [1.29, 1.82) is 0 Å². The van der Waals surface area contributed by atoms with Crippen molar-refractivity contribution in [2.45, 2.75) is 24.7 Å². The van der Waals surface area contributed by atoms with E-state index in [0.717, 1.165) is 24.8 Å². The quantitative estimate of drug-likeness (QED) is 0.746. The van der Waals surface area contributed by atoms with E-state index < -0.39 is 11.2 Å². The first-order valence-electron chi connectivity index (χ1n) is 8.30. The van der Waals surface area contributed by atoms with E-state index >= 15 is 0 Å². The van der Waals surface area contributed by atoms with Gasteiger partial charge in [-0.15, -0.1) is 0 Å². The van der Waals surface area contributed by atoms with Gasteiger partial charge in [-0.25, -0.2) is 9.18 Å². The van der Waals surface area contributed by atoms with Gasteiger partial charge in [0.2, 0.25) is 5.91 Å². The van der Waals surface area contributed by atoms with Crippen LogP contribution >= 0.6 is 11.6 Å². The number of anilines is 2. The van der Waals surface area contributed by atoms with Crippen LogP contribution in [0.4, 0.5) is 20.6 Å². The number of halogens is 2. The molecule has 1 saturated carbocycles. The molecular weight excluding hydrogens is 357 g/mol. The van der Waals surface area contributed by atoms with Crippen molar-refractivity contribution in [3.8, 4) is 0 Å². The van der Waals surface area contributed by atoms with Gasteiger partial charge in [0.25, 0.3) is 0 Å². The molecule has 2 aromatic rings. The summed E-state index contributed by atoms with van der Waals surface area (Å²) in [4.78, 5) is 24.3. The second kappa shape index (κ2) is 7.33. The molecule has 0 atom stereocenters. The molecule has 3 rings (SSSR count). The lowest BCUT2D eigenvalue weighted by Gasteiger charge is -2.40. The number of carbonyl (C=O) groups is 2. The first-order chi connectivity index (χ1) is 12.4. The largest absolute Gasteiger partial charge is 0.341 e. The molecule has 7 heteroatoms. The lowest BCUT2D eigenvalue weighted by atomic mass is 9.63. The average molecular weight is 376 g/mol. The summed E-state index contributed by atoms with van der Waals surface area (Å²) >= 11 is 5.78. The summed E-state index contributed by atoms with van der Waals surface area (Å²) in [5, 5.41) is 7.97. The van der Waals surface area contributed by atoms with E-state index in [1.807, 2.05) is 12.1 Å². The van der Waals surface area contributed by atoms with Crippen LogP contribution in [-0.4, -0.2) is 19.0 Å². The van der Waals surface area contributed by atoms with Crippen LogP contribution in [-0.2, 0) is 10.2 Å². The van der Waals surface area contributed by atoms with E-state index in [1.54, 1.807) is 19.2 Å². The van der Waals surface area contributed by atoms with Gasteiger partial charge in [0.05, 0.1) is 10.4 Å². The lowest BCUT2D eigenvalue weighted by Crippen LogP contribution is -2.46. The highest BCUT2D eigenvalue weighted by Gasteiger charge is 2.45. The van der Waals surface area contributed by atoms with Gasteiger partial charge in [0.1, 0.15) is 5.82 Å². The molecule has 0 heterocycles. The molecule has 136 valence electrons. The summed E-state index contributed by atoms with van der Waals surface area (Å²) in [5.41, 5.74) is 1.38. The van der Waals surface area contributed by atoms with E-state index in [0.29, 0.717) is 11.4 Å². The van der Waals surface area contributed by atoms with Crippen molar-refractivity contribution in [2.75, 3.05) is 17.7 Å². The van der Waals surface area contributed by atoms with Gasteiger partial charge in [0, 0.05) is 18.4 Å². The van der Waals surface area contributed by atoms with E-state index in [1.165, 1.54) is 18.2 Å². The Kier molecular flexibility index (Phi) is 5.13. The van der Waals surface area contributed by atoms with Gasteiger partial charge in [-0.05, 0) is 48.7 Å². The summed E-state index contributed by atoms with van der Waals surface area (Å²) in [6.07, 6.45) is 2.42. The highest BCUT2D eigenvalue weighted by Crippen LogP contribution is 2.45. The van der Waals surface area contributed by atoms with Crippen LogP contribution in [0.1, 0.15) is 24.8 Å². The first-order valence-corrected chi connectivity index (χ1v) is 8.68. The Morgan fingerprint density at radius 3 is 2.23 bits per heavy atom. The Morgan fingerprint density at radius 2 is 1.69 bits per heavy atom. The molecule has 1 aliphatic rings. The number of rotatable bonds is 4. The van der Waals surface area contributed by atoms with Crippen LogP contribution in [0.2, 0.25) is 5.02 Å². The van der Waals surface area contributed by atoms with Gasteiger partial charge >= 0.3 is 6.03 Å². The highest BCUT2D eigenvalue weighted by atomic mass is 35.5. The zero-order valence-electron chi connectivity index (χ0n) is 14.2. The molecule has 0 aliphatic heterocycles. The first kappa shape index (κ1) is 18.2. The maximum atomic E-state index is 13.3. The van der Waals surface area contributed by atoms with E-state index in [-0.39, 0.29) is 17.0 Å². The van der Waals surface area contributed by atoms with Gasteiger partial charge in [0.15, 0.2) is 0 Å². The fourth-order valence-corrected chi connectivity index (χ4v) is 3.25. The van der Waals surface area contributed by atoms with Crippen LogP contribution in [0, 0.1) is 5.82 Å². The van der Waals surface area contributed by atoms with Crippen LogP contribution in [0.25, 0.3) is 0 Å². The Morgan fingerprint density at radius 1 is 1.04 bits per heavy atom. The summed E-state index contributed by atoms with van der Waals surface area (Å²) in [7, 11) is 1.54. The number of carbonyl (C=O) groups excluding carboxylic acids is 2. The summed E-state index contributed by atoms with van der Waals surface area (Å²) in [6.45, 7) is 0. The normalized spacial score (nSPS) is 14.9. The maximum absolute atomic E-state index is 13.3. The Bertz CT molecular complexity index is 835. The van der Waals surface area contributed by atoms with Crippen molar-refractivity contribution in [3.63, 3.8) is 0 Å². The van der Waals surface area contributed by atoms with Crippen molar-refractivity contribution in [3.05, 3.63) is 58.9 Å². The molecule has 1 fully saturated rings. The molecule has 5 nitrogen and oxygen atoms in total. The predicted molar refractivity (Wildman–Crippen MR) is 100 cm³/mol. The SMILES string of the molecule is CNC(=O)Nc1ccc(C2(C(=O)Nc3ccc(F)c(Cl)c3)CCC2)cc1. The minimum Gasteiger partial charge on any atom is -0.341 e. The minimum atomic E-state index is -0.619. The van der Waals surface area contributed by atoms with E-state index in [2.05, 4.69) is 16.0 Å². The number of nitrogens with one attached hydrogen (secondary N) is 3. The summed E-state index contributed by atoms with van der Waals surface area (Å²) in [5.74, 6) is -0.666. The van der Waals surface area contributed by atoms with Crippen molar-refractivity contribution >= 4 is 34.9 Å². The number of urea groups is 1. The zero-order valence-corrected chi connectivity index (χ0v) is 15.0. The molecule has 3 amide bonds. The molecule has 0 bridgehead atoms. The summed E-state index contributed by atoms with van der Waals surface area (Å²) in [6, 6.07) is 11.1. The Labute approximate surface area is 155 Å². The predicted octanol–water partition coefficient (Wildman–Crippen LogP) is 4.29. The number of hydrogen-bond acceptors (Lipinski definition) is 2. The molecule has 0 aromatic heterocycles. The van der Waals surface area contributed by atoms with Gasteiger partial charge in [-0.1, -0.05) is 30.2 Å². The van der Waals surface area contributed by atoms with Gasteiger partial charge in [-0.3, -0.25) is 4.79 Å². The maximum Gasteiger partial charge on any atom is 0.318 e. The third-order valence-corrected chi connectivity index (χ3v) is 5.03. The summed E-state index contributed by atoms with van der Waals surface area (Å²) < 4.78 is 13.3. The fraction of sp³-hybridized carbons (Fsp3) is 0.263. The van der Waals surface area contributed by atoms with Gasteiger partial charge < -0.3 is 16.0 Å². The van der Waals surface area contributed by atoms with E-state index in [4.69, 9.17) is 11.6 Å². The molecule has 1 aliphatic carbocycles. The fourth-order valence-electron chi connectivity index (χ4n) is 3.07. The monoisotopic (exact) mass is 375 g/mol. The van der Waals surface area contributed by atoms with Gasteiger partial charge in [-0.2, -0.15) is 0 Å². The molecule has 0 saturated heterocycles.